The number of para-hydroxylation sites is 1. The van der Waals surface area contributed by atoms with Crippen molar-refractivity contribution in [2.75, 3.05) is 6.79 Å². The van der Waals surface area contributed by atoms with Gasteiger partial charge in [-0.1, -0.05) is 24.3 Å². The largest absolute Gasteiger partial charge is 0.493 e. The average molecular weight is 396 g/mol. The van der Waals surface area contributed by atoms with Crippen LogP contribution in [-0.2, 0) is 6.54 Å². The molecule has 0 saturated carbocycles. The van der Waals surface area contributed by atoms with Gasteiger partial charge in [0.25, 0.3) is 0 Å². The summed E-state index contributed by atoms with van der Waals surface area (Å²) < 4.78 is 12.5. The third-order valence-electron chi connectivity index (χ3n) is 4.50. The lowest BCUT2D eigenvalue weighted by molar-refractivity contribution is 0.174. The van der Waals surface area contributed by atoms with Gasteiger partial charge in [-0.2, -0.15) is 0 Å². The molecule has 28 heavy (non-hydrogen) atoms. The third-order valence-corrected chi connectivity index (χ3v) is 4.72. The first kappa shape index (κ1) is 18.2. The van der Waals surface area contributed by atoms with E-state index in [0.717, 1.165) is 28.0 Å². The standard InChI is InChI=1S/C20H20N4O3S/c1-12(2)24-15-6-4-3-5-14(15)18(19(24)25)22-23-20(28)21-10-13-7-8-16-17(9-13)27-11-26-16/h3-9,12,25H,10-11H2,1-2H3,(H,21,28). The fraction of sp³-hybridized carbons (Fsp3) is 0.250. The van der Waals surface area contributed by atoms with Crippen molar-refractivity contribution < 1.29 is 14.6 Å². The van der Waals surface area contributed by atoms with Crippen LogP contribution in [-0.4, -0.2) is 21.6 Å². The zero-order valence-electron chi connectivity index (χ0n) is 15.5. The highest BCUT2D eigenvalue weighted by Crippen LogP contribution is 2.40. The predicted molar refractivity (Wildman–Crippen MR) is 111 cm³/mol. The first-order valence-electron chi connectivity index (χ1n) is 8.94. The van der Waals surface area contributed by atoms with Gasteiger partial charge in [0, 0.05) is 18.0 Å². The molecular weight excluding hydrogens is 376 g/mol. The minimum Gasteiger partial charge on any atom is -0.493 e. The number of thiocarbonyl (C=S) groups is 1. The predicted octanol–water partition coefficient (Wildman–Crippen LogP) is 4.81. The van der Waals surface area contributed by atoms with E-state index in [2.05, 4.69) is 15.5 Å². The van der Waals surface area contributed by atoms with Crippen LogP contribution in [0.25, 0.3) is 10.9 Å². The maximum Gasteiger partial charge on any atom is 0.231 e. The van der Waals surface area contributed by atoms with Crippen molar-refractivity contribution in [1.29, 1.82) is 0 Å². The number of hydrogen-bond donors (Lipinski definition) is 2. The average Bonchev–Trinajstić information content (AvgIpc) is 3.25. The van der Waals surface area contributed by atoms with Crippen LogP contribution >= 0.6 is 12.2 Å². The third kappa shape index (κ3) is 3.38. The monoisotopic (exact) mass is 396 g/mol. The van der Waals surface area contributed by atoms with E-state index in [1.165, 1.54) is 0 Å². The number of nitrogens with one attached hydrogen (secondary N) is 1. The van der Waals surface area contributed by atoms with Crippen LogP contribution in [0.5, 0.6) is 17.4 Å². The summed E-state index contributed by atoms with van der Waals surface area (Å²) in [5.74, 6) is 1.54. The number of aromatic hydroxyl groups is 1. The maximum atomic E-state index is 10.6. The number of ether oxygens (including phenoxy) is 2. The highest BCUT2D eigenvalue weighted by atomic mass is 32.1. The van der Waals surface area contributed by atoms with Crippen molar-refractivity contribution >= 4 is 33.9 Å². The smallest absolute Gasteiger partial charge is 0.231 e. The van der Waals surface area contributed by atoms with Crippen LogP contribution in [0.4, 0.5) is 5.69 Å². The van der Waals surface area contributed by atoms with E-state index in [1.54, 1.807) is 0 Å². The molecule has 1 aromatic heterocycles. The normalized spacial score (nSPS) is 13.0. The van der Waals surface area contributed by atoms with Gasteiger partial charge in [0.1, 0.15) is 0 Å². The van der Waals surface area contributed by atoms with Crippen LogP contribution in [0.3, 0.4) is 0 Å². The Morgan fingerprint density at radius 3 is 2.82 bits per heavy atom. The topological polar surface area (TPSA) is 80.4 Å². The molecule has 0 amide bonds. The summed E-state index contributed by atoms with van der Waals surface area (Å²) in [6.45, 7) is 4.73. The highest BCUT2D eigenvalue weighted by molar-refractivity contribution is 7.80. The summed E-state index contributed by atoms with van der Waals surface area (Å²) in [6, 6.07) is 13.5. The number of nitrogens with zero attached hydrogens (tertiary/aromatic N) is 3. The van der Waals surface area contributed by atoms with Gasteiger partial charge in [-0.05, 0) is 49.8 Å². The summed E-state index contributed by atoms with van der Waals surface area (Å²) in [7, 11) is 0. The second kappa shape index (κ2) is 7.47. The Kier molecular flexibility index (Phi) is 4.87. The quantitative estimate of drug-likeness (QED) is 0.488. The molecule has 0 fully saturated rings. The molecule has 2 heterocycles. The van der Waals surface area contributed by atoms with E-state index < -0.39 is 0 Å². The van der Waals surface area contributed by atoms with Gasteiger partial charge in [-0.3, -0.25) is 0 Å². The van der Waals surface area contributed by atoms with Crippen LogP contribution in [0, 0.1) is 0 Å². The number of fused-ring (bicyclic) bond motifs is 2. The highest BCUT2D eigenvalue weighted by Gasteiger charge is 2.18. The van der Waals surface area contributed by atoms with Crippen molar-refractivity contribution in [3.05, 3.63) is 48.0 Å². The van der Waals surface area contributed by atoms with Crippen LogP contribution < -0.4 is 14.8 Å². The molecule has 0 aliphatic carbocycles. The lowest BCUT2D eigenvalue weighted by Gasteiger charge is -2.10. The lowest BCUT2D eigenvalue weighted by Crippen LogP contribution is -2.18. The number of aromatic nitrogens is 1. The van der Waals surface area contributed by atoms with Crippen molar-refractivity contribution in [3.63, 3.8) is 0 Å². The first-order chi connectivity index (χ1) is 13.5. The molecule has 1 aliphatic heterocycles. The minimum atomic E-state index is 0.0820. The van der Waals surface area contributed by atoms with Crippen LogP contribution in [0.15, 0.2) is 52.7 Å². The molecular formula is C20H20N4O3S. The molecule has 0 saturated heterocycles. The Hall–Kier alpha value is -3.13. The minimum absolute atomic E-state index is 0.0820. The zero-order valence-corrected chi connectivity index (χ0v) is 16.4. The summed E-state index contributed by atoms with van der Waals surface area (Å²) >= 11 is 5.26. The Bertz CT molecular complexity index is 1070. The Labute approximate surface area is 167 Å². The van der Waals surface area contributed by atoms with E-state index in [4.69, 9.17) is 21.7 Å². The van der Waals surface area contributed by atoms with Crippen molar-refractivity contribution in [1.82, 2.24) is 9.88 Å². The molecule has 3 aromatic rings. The molecule has 2 N–H and O–H groups in total. The SMILES string of the molecule is CC(C)n1c(O)c(N=NC(=S)NCc2ccc3c(c2)OCO3)c2ccccc21. The second-order valence-electron chi connectivity index (χ2n) is 6.70. The Morgan fingerprint density at radius 1 is 1.21 bits per heavy atom. The van der Waals surface area contributed by atoms with Gasteiger partial charge >= 0.3 is 0 Å². The second-order valence-corrected chi connectivity index (χ2v) is 7.09. The molecule has 0 bridgehead atoms. The fourth-order valence-corrected chi connectivity index (χ4v) is 3.33. The molecule has 0 unspecified atom stereocenters. The fourth-order valence-electron chi connectivity index (χ4n) is 3.21. The van der Waals surface area contributed by atoms with E-state index in [1.807, 2.05) is 60.9 Å². The molecule has 0 radical (unpaired) electrons. The van der Waals surface area contributed by atoms with Gasteiger partial charge in [0.15, 0.2) is 17.2 Å². The lowest BCUT2D eigenvalue weighted by atomic mass is 10.2. The van der Waals surface area contributed by atoms with E-state index in [9.17, 15) is 5.11 Å². The summed E-state index contributed by atoms with van der Waals surface area (Å²) in [5, 5.41) is 23.0. The van der Waals surface area contributed by atoms with E-state index >= 15 is 0 Å². The van der Waals surface area contributed by atoms with Gasteiger partial charge in [-0.15, -0.1) is 10.2 Å². The van der Waals surface area contributed by atoms with E-state index in [-0.39, 0.29) is 23.8 Å². The van der Waals surface area contributed by atoms with Gasteiger partial charge in [-0.25, -0.2) is 0 Å². The molecule has 0 atom stereocenters. The molecule has 0 spiro atoms. The molecule has 1 aliphatic rings. The number of azo groups is 1. The molecule has 7 nitrogen and oxygen atoms in total. The van der Waals surface area contributed by atoms with Gasteiger partial charge in [0.05, 0.1) is 5.52 Å². The molecule has 144 valence electrons. The first-order valence-corrected chi connectivity index (χ1v) is 9.35. The number of rotatable bonds is 4. The van der Waals surface area contributed by atoms with Crippen molar-refractivity contribution in [2.24, 2.45) is 10.2 Å². The van der Waals surface area contributed by atoms with Gasteiger partial charge in [0.2, 0.25) is 17.8 Å². The molecule has 8 heteroatoms. The summed E-state index contributed by atoms with van der Waals surface area (Å²) in [6.07, 6.45) is 0. The molecule has 2 aromatic carbocycles. The summed E-state index contributed by atoms with van der Waals surface area (Å²) in [4.78, 5) is 0. The summed E-state index contributed by atoms with van der Waals surface area (Å²) in [5.41, 5.74) is 2.31. The number of benzene rings is 2. The maximum absolute atomic E-state index is 10.6. The zero-order chi connectivity index (χ0) is 19.7. The van der Waals surface area contributed by atoms with Gasteiger partial charge < -0.3 is 24.5 Å². The molecule has 4 rings (SSSR count). The van der Waals surface area contributed by atoms with Crippen LogP contribution in [0.1, 0.15) is 25.5 Å². The Balaban J connectivity index is 1.50. The van der Waals surface area contributed by atoms with E-state index in [0.29, 0.717) is 12.2 Å². The van der Waals surface area contributed by atoms with Crippen LogP contribution in [0.2, 0.25) is 0 Å². The van der Waals surface area contributed by atoms with Crippen molar-refractivity contribution in [2.45, 2.75) is 26.4 Å². The van der Waals surface area contributed by atoms with Crippen molar-refractivity contribution in [3.8, 4) is 17.4 Å². The number of hydrogen-bond acceptors (Lipinski definition) is 5. The Morgan fingerprint density at radius 2 is 2.00 bits per heavy atom.